The first-order chi connectivity index (χ1) is 12.1. The molecule has 7 nitrogen and oxygen atoms in total. The number of anilines is 1. The molecule has 0 bridgehead atoms. The van der Waals surface area contributed by atoms with Gasteiger partial charge in [-0.3, -0.25) is 4.79 Å². The third kappa shape index (κ3) is 3.05. The van der Waals surface area contributed by atoms with Gasteiger partial charge in [-0.1, -0.05) is 11.2 Å². The van der Waals surface area contributed by atoms with Crippen LogP contribution in [-0.2, 0) is 4.79 Å². The Balaban J connectivity index is 1.55. The van der Waals surface area contributed by atoms with Crippen LogP contribution < -0.4 is 9.64 Å². The Kier molecular flexibility index (Phi) is 4.04. The van der Waals surface area contributed by atoms with Crippen LogP contribution in [0.1, 0.15) is 18.2 Å². The molecule has 0 radical (unpaired) electrons. The highest BCUT2D eigenvalue weighted by Gasteiger charge is 2.35. The highest BCUT2D eigenvalue weighted by molar-refractivity contribution is 9.10. The fourth-order valence-electron chi connectivity index (χ4n) is 2.84. The predicted molar refractivity (Wildman–Crippen MR) is 92.4 cm³/mol. The maximum Gasteiger partial charge on any atom is 0.293 e. The second-order valence-electron chi connectivity index (χ2n) is 5.67. The van der Waals surface area contributed by atoms with Gasteiger partial charge in [0, 0.05) is 30.6 Å². The van der Waals surface area contributed by atoms with Crippen LogP contribution >= 0.6 is 15.9 Å². The van der Waals surface area contributed by atoms with Crippen molar-refractivity contribution >= 4 is 27.5 Å². The average molecular weight is 404 g/mol. The van der Waals surface area contributed by atoms with Gasteiger partial charge in [0.05, 0.1) is 7.11 Å². The van der Waals surface area contributed by atoms with Crippen molar-refractivity contribution in [3.63, 3.8) is 0 Å². The number of ether oxygens (including phenoxy) is 1. The van der Waals surface area contributed by atoms with Crippen molar-refractivity contribution in [2.45, 2.75) is 12.3 Å². The molecule has 0 saturated carbocycles. The van der Waals surface area contributed by atoms with E-state index in [0.717, 1.165) is 5.69 Å². The normalized spacial score (nSPS) is 17.3. The first-order valence-corrected chi connectivity index (χ1v) is 8.47. The van der Waals surface area contributed by atoms with Gasteiger partial charge in [0.25, 0.3) is 5.89 Å². The molecule has 0 aliphatic carbocycles. The smallest absolute Gasteiger partial charge is 0.293 e. The van der Waals surface area contributed by atoms with E-state index in [1.807, 2.05) is 24.3 Å². The lowest BCUT2D eigenvalue weighted by molar-refractivity contribution is -0.117. The number of hydrogen-bond donors (Lipinski definition) is 0. The summed E-state index contributed by atoms with van der Waals surface area (Å²) in [7, 11) is 1.60. The molecule has 128 valence electrons. The SMILES string of the molecule is COc1cccc(N2CC(c3noc(-c4ccc(Br)o4)n3)CC2=O)c1. The minimum Gasteiger partial charge on any atom is -0.497 e. The van der Waals surface area contributed by atoms with Gasteiger partial charge in [0.2, 0.25) is 5.91 Å². The third-order valence-corrected chi connectivity index (χ3v) is 4.51. The second kappa shape index (κ2) is 6.36. The Bertz CT molecular complexity index is 920. The topological polar surface area (TPSA) is 81.6 Å². The lowest BCUT2D eigenvalue weighted by Gasteiger charge is -2.16. The molecule has 8 heteroatoms. The van der Waals surface area contributed by atoms with Crippen LogP contribution in [0.15, 0.2) is 50.0 Å². The predicted octanol–water partition coefficient (Wildman–Crippen LogP) is 3.62. The van der Waals surface area contributed by atoms with Gasteiger partial charge in [-0.25, -0.2) is 0 Å². The van der Waals surface area contributed by atoms with E-state index < -0.39 is 0 Å². The molecule has 1 amide bonds. The number of halogens is 1. The molecule has 1 aromatic carbocycles. The molecule has 4 rings (SSSR count). The maximum atomic E-state index is 12.4. The van der Waals surface area contributed by atoms with Gasteiger partial charge >= 0.3 is 0 Å². The summed E-state index contributed by atoms with van der Waals surface area (Å²) in [5.41, 5.74) is 0.797. The van der Waals surface area contributed by atoms with Crippen molar-refractivity contribution in [2.24, 2.45) is 0 Å². The molecule has 2 aromatic heterocycles. The number of hydrogen-bond acceptors (Lipinski definition) is 6. The van der Waals surface area contributed by atoms with Crippen LogP contribution in [0.2, 0.25) is 0 Å². The number of benzene rings is 1. The van der Waals surface area contributed by atoms with E-state index in [0.29, 0.717) is 40.9 Å². The van der Waals surface area contributed by atoms with Crippen molar-refractivity contribution in [3.8, 4) is 17.4 Å². The number of carbonyl (C=O) groups excluding carboxylic acids is 1. The molecule has 1 aliphatic rings. The molecule has 1 saturated heterocycles. The lowest BCUT2D eigenvalue weighted by atomic mass is 10.1. The Morgan fingerprint density at radius 1 is 1.32 bits per heavy atom. The quantitative estimate of drug-likeness (QED) is 0.661. The van der Waals surface area contributed by atoms with Gasteiger partial charge in [0.1, 0.15) is 5.75 Å². The summed E-state index contributed by atoms with van der Waals surface area (Å²) in [5, 5.41) is 4.02. The van der Waals surface area contributed by atoms with E-state index >= 15 is 0 Å². The van der Waals surface area contributed by atoms with E-state index in [1.54, 1.807) is 24.1 Å². The van der Waals surface area contributed by atoms with E-state index in [1.165, 1.54) is 0 Å². The van der Waals surface area contributed by atoms with Crippen LogP contribution in [-0.4, -0.2) is 29.7 Å². The summed E-state index contributed by atoms with van der Waals surface area (Å²) in [6.45, 7) is 0.493. The molecule has 1 atom stereocenters. The zero-order valence-electron chi connectivity index (χ0n) is 13.3. The molecule has 1 fully saturated rings. The summed E-state index contributed by atoms with van der Waals surface area (Å²) < 4.78 is 16.5. The lowest BCUT2D eigenvalue weighted by Crippen LogP contribution is -2.24. The van der Waals surface area contributed by atoms with Crippen molar-refractivity contribution in [2.75, 3.05) is 18.6 Å². The van der Waals surface area contributed by atoms with Crippen molar-refractivity contribution in [1.82, 2.24) is 10.1 Å². The molecule has 0 N–H and O–H groups in total. The van der Waals surface area contributed by atoms with E-state index in [4.69, 9.17) is 13.7 Å². The van der Waals surface area contributed by atoms with Gasteiger partial charge in [-0.15, -0.1) is 0 Å². The zero-order valence-corrected chi connectivity index (χ0v) is 14.9. The number of methoxy groups -OCH3 is 1. The van der Waals surface area contributed by atoms with Gasteiger partial charge in [0.15, 0.2) is 16.3 Å². The molecule has 25 heavy (non-hydrogen) atoms. The van der Waals surface area contributed by atoms with Crippen molar-refractivity contribution in [3.05, 3.63) is 46.9 Å². The average Bonchev–Trinajstić information content (AvgIpc) is 3.34. The molecule has 3 heterocycles. The third-order valence-electron chi connectivity index (χ3n) is 4.08. The van der Waals surface area contributed by atoms with Crippen molar-refractivity contribution < 1.29 is 18.5 Å². The minimum absolute atomic E-state index is 0.0188. The monoisotopic (exact) mass is 403 g/mol. The molecule has 0 spiro atoms. The highest BCUT2D eigenvalue weighted by Crippen LogP contribution is 2.33. The summed E-state index contributed by atoms with van der Waals surface area (Å²) in [4.78, 5) is 18.5. The standard InChI is InChI=1S/C17H14BrN3O4/c1-23-12-4-2-3-11(8-12)21-9-10(7-15(21)22)16-19-17(25-20-16)13-5-6-14(18)24-13/h2-6,8,10H,7,9H2,1H3. The first kappa shape index (κ1) is 15.9. The van der Waals surface area contributed by atoms with Crippen LogP contribution in [0.5, 0.6) is 5.75 Å². The number of rotatable bonds is 4. The maximum absolute atomic E-state index is 12.4. The summed E-state index contributed by atoms with van der Waals surface area (Å²) in [5.74, 6) is 1.88. The number of aromatic nitrogens is 2. The van der Waals surface area contributed by atoms with E-state index in [-0.39, 0.29) is 11.8 Å². The van der Waals surface area contributed by atoms with Gasteiger partial charge in [-0.05, 0) is 40.2 Å². The zero-order chi connectivity index (χ0) is 17.4. The second-order valence-corrected chi connectivity index (χ2v) is 6.45. The molecular formula is C17H14BrN3O4. The highest BCUT2D eigenvalue weighted by atomic mass is 79.9. The largest absolute Gasteiger partial charge is 0.497 e. The number of amides is 1. The molecule has 3 aromatic rings. The number of carbonyl (C=O) groups is 1. The van der Waals surface area contributed by atoms with Crippen LogP contribution in [0.4, 0.5) is 5.69 Å². The number of furan rings is 1. The van der Waals surface area contributed by atoms with E-state index in [9.17, 15) is 4.79 Å². The molecular weight excluding hydrogens is 390 g/mol. The van der Waals surface area contributed by atoms with Crippen LogP contribution in [0.3, 0.4) is 0 Å². The first-order valence-electron chi connectivity index (χ1n) is 7.68. The van der Waals surface area contributed by atoms with Crippen LogP contribution in [0.25, 0.3) is 11.7 Å². The summed E-state index contributed by atoms with van der Waals surface area (Å²) in [6, 6.07) is 10.9. The fraction of sp³-hybridized carbons (Fsp3) is 0.235. The van der Waals surface area contributed by atoms with Gasteiger partial charge < -0.3 is 18.6 Å². The minimum atomic E-state index is -0.130. The fourth-order valence-corrected chi connectivity index (χ4v) is 3.15. The number of nitrogens with zero attached hydrogens (tertiary/aromatic N) is 3. The Hall–Kier alpha value is -2.61. The Morgan fingerprint density at radius 2 is 2.20 bits per heavy atom. The van der Waals surface area contributed by atoms with Crippen molar-refractivity contribution in [1.29, 1.82) is 0 Å². The Morgan fingerprint density at radius 3 is 2.96 bits per heavy atom. The van der Waals surface area contributed by atoms with Gasteiger partial charge in [-0.2, -0.15) is 4.98 Å². The van der Waals surface area contributed by atoms with E-state index in [2.05, 4.69) is 26.1 Å². The Labute approximate surface area is 151 Å². The summed E-state index contributed by atoms with van der Waals surface area (Å²) in [6.07, 6.45) is 0.331. The summed E-state index contributed by atoms with van der Waals surface area (Å²) >= 11 is 3.24. The molecule has 1 unspecified atom stereocenters. The molecule has 1 aliphatic heterocycles. The van der Waals surface area contributed by atoms with Crippen LogP contribution in [0, 0.1) is 0 Å².